The van der Waals surface area contributed by atoms with Crippen molar-refractivity contribution in [3.05, 3.63) is 88.5 Å². The summed E-state index contributed by atoms with van der Waals surface area (Å²) in [6, 6.07) is 20.6. The van der Waals surface area contributed by atoms with Crippen LogP contribution in [0.4, 0.5) is 0 Å². The van der Waals surface area contributed by atoms with E-state index in [4.69, 9.17) is 9.84 Å². The van der Waals surface area contributed by atoms with Gasteiger partial charge in [0.25, 0.3) is 0 Å². The number of carboxylic acid groups (broad SMARTS) is 1. The molecule has 3 aromatic carbocycles. The van der Waals surface area contributed by atoms with Crippen molar-refractivity contribution < 1.29 is 19.7 Å². The monoisotopic (exact) mass is 484 g/mol. The van der Waals surface area contributed by atoms with Crippen LogP contribution in [0, 0.1) is 11.3 Å². The molecule has 0 spiro atoms. The van der Waals surface area contributed by atoms with Crippen LogP contribution >= 0.6 is 0 Å². The zero-order valence-corrected chi connectivity index (χ0v) is 20.8. The standard InChI is InChI=1S/C30H32N2O4/c1-30(2,16-20-6-7-21-4-3-5-24(21)14-20)32-18-27(33)19-36-28-15-25(12-13-26(28)17-31)22-8-10-23(11-9-22)29(34)35/h6-15,27,32-33H,3-5,16,18-19H2,1-2H3,(H,34,35)/t27-/m1/s1. The van der Waals surface area contributed by atoms with E-state index in [9.17, 15) is 15.2 Å². The maximum absolute atomic E-state index is 11.1. The Labute approximate surface area is 212 Å². The van der Waals surface area contributed by atoms with Gasteiger partial charge in [0.1, 0.15) is 24.5 Å². The maximum atomic E-state index is 11.1. The second-order valence-corrected chi connectivity index (χ2v) is 10.1. The van der Waals surface area contributed by atoms with Gasteiger partial charge in [-0.2, -0.15) is 5.26 Å². The molecule has 0 heterocycles. The van der Waals surface area contributed by atoms with E-state index in [0.717, 1.165) is 24.0 Å². The maximum Gasteiger partial charge on any atom is 0.335 e. The van der Waals surface area contributed by atoms with Crippen LogP contribution in [-0.2, 0) is 19.3 Å². The molecule has 1 aliphatic rings. The first-order chi connectivity index (χ1) is 17.2. The van der Waals surface area contributed by atoms with Crippen molar-refractivity contribution in [2.24, 2.45) is 0 Å². The third-order valence-corrected chi connectivity index (χ3v) is 6.62. The summed E-state index contributed by atoms with van der Waals surface area (Å²) in [5.74, 6) is -0.600. The summed E-state index contributed by atoms with van der Waals surface area (Å²) >= 11 is 0. The topological polar surface area (TPSA) is 103 Å². The number of ether oxygens (including phenoxy) is 1. The first-order valence-corrected chi connectivity index (χ1v) is 12.3. The molecule has 6 nitrogen and oxygen atoms in total. The normalized spacial score (nSPS) is 13.6. The van der Waals surface area contributed by atoms with Crippen molar-refractivity contribution in [3.8, 4) is 22.9 Å². The van der Waals surface area contributed by atoms with E-state index in [1.54, 1.807) is 30.3 Å². The lowest BCUT2D eigenvalue weighted by Crippen LogP contribution is -2.46. The Morgan fingerprint density at radius 3 is 2.50 bits per heavy atom. The van der Waals surface area contributed by atoms with Crippen molar-refractivity contribution in [2.45, 2.75) is 51.2 Å². The van der Waals surface area contributed by atoms with Gasteiger partial charge in [0, 0.05) is 12.1 Å². The highest BCUT2D eigenvalue weighted by Crippen LogP contribution is 2.28. The molecule has 0 fully saturated rings. The lowest BCUT2D eigenvalue weighted by Gasteiger charge is -2.28. The van der Waals surface area contributed by atoms with Crippen LogP contribution in [0.3, 0.4) is 0 Å². The van der Waals surface area contributed by atoms with Gasteiger partial charge in [0.05, 0.1) is 11.1 Å². The number of aromatic carboxylic acids is 1. The molecule has 0 saturated carbocycles. The van der Waals surface area contributed by atoms with E-state index < -0.39 is 12.1 Å². The van der Waals surface area contributed by atoms with Gasteiger partial charge in [0.2, 0.25) is 0 Å². The predicted molar refractivity (Wildman–Crippen MR) is 139 cm³/mol. The zero-order valence-electron chi connectivity index (χ0n) is 20.8. The van der Waals surface area contributed by atoms with E-state index in [1.807, 2.05) is 0 Å². The van der Waals surface area contributed by atoms with Gasteiger partial charge in [-0.25, -0.2) is 4.79 Å². The minimum Gasteiger partial charge on any atom is -0.489 e. The average molecular weight is 485 g/mol. The van der Waals surface area contributed by atoms with E-state index in [2.05, 4.69) is 43.4 Å². The Morgan fingerprint density at radius 1 is 1.06 bits per heavy atom. The molecule has 0 saturated heterocycles. The van der Waals surface area contributed by atoms with Crippen LogP contribution in [0.2, 0.25) is 0 Å². The lowest BCUT2D eigenvalue weighted by atomic mass is 9.93. The van der Waals surface area contributed by atoms with Crippen molar-refractivity contribution >= 4 is 5.97 Å². The minimum absolute atomic E-state index is 0.0397. The number of carboxylic acids is 1. The second-order valence-electron chi connectivity index (χ2n) is 10.1. The van der Waals surface area contributed by atoms with Gasteiger partial charge >= 0.3 is 5.97 Å². The number of hydrogen-bond acceptors (Lipinski definition) is 5. The number of hydrogen-bond donors (Lipinski definition) is 3. The van der Waals surface area contributed by atoms with Gasteiger partial charge in [-0.15, -0.1) is 0 Å². The molecule has 3 N–H and O–H groups in total. The number of aryl methyl sites for hydroxylation is 2. The summed E-state index contributed by atoms with van der Waals surface area (Å²) in [6.45, 7) is 4.65. The fourth-order valence-corrected chi connectivity index (χ4v) is 4.67. The lowest BCUT2D eigenvalue weighted by molar-refractivity contribution is 0.0697. The quantitative estimate of drug-likeness (QED) is 0.383. The fourth-order valence-electron chi connectivity index (χ4n) is 4.67. The molecule has 0 aromatic heterocycles. The molecule has 0 unspecified atom stereocenters. The average Bonchev–Trinajstić information content (AvgIpc) is 3.34. The number of nitrogens with zero attached hydrogens (tertiary/aromatic N) is 1. The summed E-state index contributed by atoms with van der Waals surface area (Å²) < 4.78 is 5.84. The van der Waals surface area contributed by atoms with Crippen LogP contribution in [-0.4, -0.2) is 41.0 Å². The summed E-state index contributed by atoms with van der Waals surface area (Å²) in [7, 11) is 0. The van der Waals surface area contributed by atoms with E-state index in [-0.39, 0.29) is 17.7 Å². The van der Waals surface area contributed by atoms with Gasteiger partial charge in [-0.3, -0.25) is 0 Å². The van der Waals surface area contributed by atoms with Crippen molar-refractivity contribution in [2.75, 3.05) is 13.2 Å². The van der Waals surface area contributed by atoms with Gasteiger partial charge < -0.3 is 20.3 Å². The summed E-state index contributed by atoms with van der Waals surface area (Å²) in [5.41, 5.74) is 6.21. The molecule has 6 heteroatoms. The Bertz CT molecular complexity index is 1280. The van der Waals surface area contributed by atoms with Gasteiger partial charge in [-0.1, -0.05) is 36.4 Å². The molecule has 186 valence electrons. The number of carbonyl (C=O) groups is 1. The van der Waals surface area contributed by atoms with Gasteiger partial charge in [-0.05, 0) is 91.6 Å². The Morgan fingerprint density at radius 2 is 1.78 bits per heavy atom. The Kier molecular flexibility index (Phi) is 7.73. The molecule has 0 bridgehead atoms. The second kappa shape index (κ2) is 10.9. The van der Waals surface area contributed by atoms with E-state index in [0.29, 0.717) is 17.9 Å². The highest BCUT2D eigenvalue weighted by molar-refractivity contribution is 5.88. The molecule has 0 aliphatic heterocycles. The van der Waals surface area contributed by atoms with Crippen molar-refractivity contribution in [1.82, 2.24) is 5.32 Å². The Balaban J connectivity index is 1.34. The van der Waals surface area contributed by atoms with Crippen LogP contribution in [0.15, 0.2) is 60.7 Å². The summed E-state index contributed by atoms with van der Waals surface area (Å²) in [4.78, 5) is 11.1. The smallest absolute Gasteiger partial charge is 0.335 e. The fraction of sp³-hybridized carbons (Fsp3) is 0.333. The summed E-state index contributed by atoms with van der Waals surface area (Å²) in [5, 5.41) is 32.6. The van der Waals surface area contributed by atoms with E-state index in [1.165, 1.54) is 41.7 Å². The van der Waals surface area contributed by atoms with Crippen LogP contribution < -0.4 is 10.1 Å². The number of aliphatic hydroxyl groups excluding tert-OH is 1. The predicted octanol–water partition coefficient (Wildman–Crippen LogP) is 4.76. The highest BCUT2D eigenvalue weighted by atomic mass is 16.5. The van der Waals surface area contributed by atoms with Crippen molar-refractivity contribution in [1.29, 1.82) is 5.26 Å². The molecule has 36 heavy (non-hydrogen) atoms. The zero-order chi connectivity index (χ0) is 25.7. The number of β-amino-alcohol motifs (C(OH)–C–C–N with tert-alkyl or cyclic N) is 1. The molecule has 0 amide bonds. The first-order valence-electron chi connectivity index (χ1n) is 12.3. The van der Waals surface area contributed by atoms with Crippen LogP contribution in [0.5, 0.6) is 5.75 Å². The third kappa shape index (κ3) is 6.31. The molecule has 0 radical (unpaired) electrons. The SMILES string of the molecule is CC(C)(Cc1ccc2c(c1)CCC2)NC[C@@H](O)COc1cc(-c2ccc(C(=O)O)cc2)ccc1C#N. The molecular weight excluding hydrogens is 452 g/mol. The molecule has 1 aliphatic carbocycles. The number of aliphatic hydroxyl groups is 1. The number of rotatable bonds is 10. The number of benzene rings is 3. The number of nitriles is 1. The number of nitrogens with one attached hydrogen (secondary N) is 1. The van der Waals surface area contributed by atoms with Gasteiger partial charge in [0.15, 0.2) is 0 Å². The highest BCUT2D eigenvalue weighted by Gasteiger charge is 2.21. The molecule has 4 rings (SSSR count). The third-order valence-electron chi connectivity index (χ3n) is 6.62. The largest absolute Gasteiger partial charge is 0.489 e. The van der Waals surface area contributed by atoms with Crippen LogP contribution in [0.1, 0.15) is 52.9 Å². The minimum atomic E-state index is -0.983. The molecular formula is C30H32N2O4. The van der Waals surface area contributed by atoms with Crippen molar-refractivity contribution in [3.63, 3.8) is 0 Å². The van der Waals surface area contributed by atoms with E-state index >= 15 is 0 Å². The molecule has 3 aromatic rings. The summed E-state index contributed by atoms with van der Waals surface area (Å²) in [6.07, 6.45) is 3.67. The number of fused-ring (bicyclic) bond motifs is 1. The molecule has 1 atom stereocenters. The van der Waals surface area contributed by atoms with Crippen LogP contribution in [0.25, 0.3) is 11.1 Å². The Hall–Kier alpha value is -3.66. The first kappa shape index (κ1) is 25.4.